The van der Waals surface area contributed by atoms with E-state index in [9.17, 15) is 18.0 Å². The van der Waals surface area contributed by atoms with Crippen molar-refractivity contribution in [3.63, 3.8) is 0 Å². The lowest BCUT2D eigenvalue weighted by Gasteiger charge is -2.03. The molecule has 0 unspecified atom stereocenters. The van der Waals surface area contributed by atoms with Gasteiger partial charge in [0.1, 0.15) is 18.6 Å². The quantitative estimate of drug-likeness (QED) is 0.699. The van der Waals surface area contributed by atoms with Crippen molar-refractivity contribution in [2.75, 3.05) is 0 Å². The van der Waals surface area contributed by atoms with Crippen LogP contribution in [0.15, 0.2) is 24.7 Å². The number of carbonyl (C=O) groups excluding carboxylic acids is 1. The van der Waals surface area contributed by atoms with Gasteiger partial charge < -0.3 is 15.0 Å². The number of carboxylic acids is 2. The van der Waals surface area contributed by atoms with Crippen molar-refractivity contribution in [1.29, 1.82) is 0 Å². The highest BCUT2D eigenvalue weighted by Gasteiger charge is 2.28. The van der Waals surface area contributed by atoms with Gasteiger partial charge in [-0.2, -0.15) is 13.2 Å². The van der Waals surface area contributed by atoms with Crippen molar-refractivity contribution in [2.45, 2.75) is 19.1 Å². The first-order chi connectivity index (χ1) is 11.1. The van der Waals surface area contributed by atoms with Gasteiger partial charge in [0, 0.05) is 18.7 Å². The molecule has 0 fully saturated rings. The molecular weight excluding hydrogens is 335 g/mol. The van der Waals surface area contributed by atoms with Crippen LogP contribution in [0.1, 0.15) is 6.42 Å². The second kappa shape index (κ2) is 7.99. The van der Waals surface area contributed by atoms with Gasteiger partial charge in [-0.05, 0) is 5.10 Å². The molecule has 130 valence electrons. The highest BCUT2D eigenvalue weighted by Crippen LogP contribution is 2.13. The van der Waals surface area contributed by atoms with E-state index in [4.69, 9.17) is 15.0 Å². The maximum absolute atomic E-state index is 10.5. The molecule has 0 aliphatic rings. The summed E-state index contributed by atoms with van der Waals surface area (Å²) in [6.07, 6.45) is -0.0747. The molecule has 2 aromatic rings. The Kier molecular flexibility index (Phi) is 6.32. The van der Waals surface area contributed by atoms with E-state index in [-0.39, 0.29) is 6.42 Å². The molecule has 2 heterocycles. The van der Waals surface area contributed by atoms with E-state index in [0.29, 0.717) is 6.54 Å². The summed E-state index contributed by atoms with van der Waals surface area (Å²) in [6.45, 7) is 0.360. The molecule has 24 heavy (non-hydrogen) atoms. The van der Waals surface area contributed by atoms with Gasteiger partial charge >= 0.3 is 12.1 Å². The van der Waals surface area contributed by atoms with Crippen molar-refractivity contribution in [3.8, 4) is 11.3 Å². The van der Waals surface area contributed by atoms with Crippen molar-refractivity contribution in [2.24, 2.45) is 7.05 Å². The minimum atomic E-state index is -5.19. The number of aliphatic carboxylic acids is 2. The summed E-state index contributed by atoms with van der Waals surface area (Å²) in [5.74, 6) is -3.84. The molecule has 12 heteroatoms. The third-order valence-corrected chi connectivity index (χ3v) is 2.57. The summed E-state index contributed by atoms with van der Waals surface area (Å²) in [6, 6.07) is 1.85. The van der Waals surface area contributed by atoms with E-state index in [1.165, 1.54) is 0 Å². The van der Waals surface area contributed by atoms with E-state index < -0.39 is 18.1 Å². The number of aryl methyl sites for hydroxylation is 2. The molecule has 0 aliphatic heterocycles. The van der Waals surface area contributed by atoms with Crippen LogP contribution in [0.25, 0.3) is 11.3 Å². The SMILES string of the molecule is Cn1nncc1-c1cc[n+](CCC(=O)O)nc1.O=C([O-])C(F)(F)F. The molecule has 0 amide bonds. The lowest BCUT2D eigenvalue weighted by Crippen LogP contribution is -2.38. The first kappa shape index (κ1) is 19.0. The molecule has 0 spiro atoms. The summed E-state index contributed by atoms with van der Waals surface area (Å²) in [4.78, 5) is 19.2. The fourth-order valence-corrected chi connectivity index (χ4v) is 1.43. The minimum absolute atomic E-state index is 0.0598. The Morgan fingerprint density at radius 2 is 2.00 bits per heavy atom. The molecule has 0 saturated heterocycles. The summed E-state index contributed by atoms with van der Waals surface area (Å²) >= 11 is 0. The Balaban J connectivity index is 0.000000351. The van der Waals surface area contributed by atoms with Crippen LogP contribution in [0.4, 0.5) is 13.2 Å². The van der Waals surface area contributed by atoms with Crippen LogP contribution >= 0.6 is 0 Å². The van der Waals surface area contributed by atoms with Gasteiger partial charge in [0.2, 0.25) is 0 Å². The molecule has 0 atom stereocenters. The van der Waals surface area contributed by atoms with Crippen LogP contribution in [0.5, 0.6) is 0 Å². The van der Waals surface area contributed by atoms with Gasteiger partial charge in [0.05, 0.1) is 11.9 Å². The first-order valence-corrected chi connectivity index (χ1v) is 6.32. The molecule has 1 N–H and O–H groups in total. The van der Waals surface area contributed by atoms with Gasteiger partial charge in [0.25, 0.3) is 0 Å². The van der Waals surface area contributed by atoms with Gasteiger partial charge in [-0.25, -0.2) is 4.68 Å². The largest absolute Gasteiger partial charge is 0.542 e. The van der Waals surface area contributed by atoms with Crippen molar-refractivity contribution >= 4 is 11.9 Å². The predicted octanol–water partition coefficient (Wildman–Crippen LogP) is -1.06. The minimum Gasteiger partial charge on any atom is -0.542 e. The van der Waals surface area contributed by atoms with E-state index in [0.717, 1.165) is 11.3 Å². The molecule has 2 rings (SSSR count). The molecule has 2 aromatic heterocycles. The Bertz CT molecular complexity index is 699. The highest BCUT2D eigenvalue weighted by molar-refractivity contribution is 5.70. The predicted molar refractivity (Wildman–Crippen MR) is 67.7 cm³/mol. The third-order valence-electron chi connectivity index (χ3n) is 2.57. The number of rotatable bonds is 4. The van der Waals surface area contributed by atoms with Crippen LogP contribution in [0, 0.1) is 0 Å². The van der Waals surface area contributed by atoms with Gasteiger partial charge in [-0.15, -0.1) is 5.10 Å². The highest BCUT2D eigenvalue weighted by atomic mass is 19.4. The third kappa shape index (κ3) is 5.98. The molecule has 0 saturated carbocycles. The number of nitrogens with zero attached hydrogens (tertiary/aromatic N) is 5. The molecule has 0 radical (unpaired) electrons. The zero-order chi connectivity index (χ0) is 18.3. The standard InChI is InChI=1S/C10H11N5O2.C2HF3O2/c1-14-9(7-11-13-14)8-2-4-15(12-6-8)5-3-10(16)17;3-2(4,5)1(6)7/h2,4,6-7H,3,5H2,1H3;(H,6,7). The average molecular weight is 347 g/mol. The number of carbonyl (C=O) groups is 2. The maximum Gasteiger partial charge on any atom is 0.430 e. The lowest BCUT2D eigenvalue weighted by atomic mass is 10.2. The topological polar surface area (TPSA) is 125 Å². The fraction of sp³-hybridized carbons (Fsp3) is 0.333. The fourth-order valence-electron chi connectivity index (χ4n) is 1.43. The smallest absolute Gasteiger partial charge is 0.430 e. The van der Waals surface area contributed by atoms with Crippen LogP contribution in [-0.4, -0.2) is 43.3 Å². The Morgan fingerprint density at radius 1 is 1.38 bits per heavy atom. The number of aromatic nitrogens is 5. The van der Waals surface area contributed by atoms with Gasteiger partial charge in [-0.3, -0.25) is 4.79 Å². The molecule has 9 nitrogen and oxygen atoms in total. The van der Waals surface area contributed by atoms with Crippen LogP contribution in [-0.2, 0) is 23.2 Å². The first-order valence-electron chi connectivity index (χ1n) is 6.32. The van der Waals surface area contributed by atoms with E-state index in [2.05, 4.69) is 15.4 Å². The normalized spacial score (nSPS) is 10.7. The van der Waals surface area contributed by atoms with Gasteiger partial charge in [-0.1, -0.05) is 9.90 Å². The van der Waals surface area contributed by atoms with Gasteiger partial charge in [0.15, 0.2) is 12.7 Å². The number of hydrogen-bond donors (Lipinski definition) is 1. The molecule has 0 bridgehead atoms. The van der Waals surface area contributed by atoms with E-state index >= 15 is 0 Å². The van der Waals surface area contributed by atoms with Crippen LogP contribution in [0.2, 0.25) is 0 Å². The zero-order valence-corrected chi connectivity index (χ0v) is 12.3. The average Bonchev–Trinajstić information content (AvgIpc) is 2.91. The van der Waals surface area contributed by atoms with Crippen molar-refractivity contribution in [3.05, 3.63) is 24.7 Å². The summed E-state index contributed by atoms with van der Waals surface area (Å²) < 4.78 is 34.8. The summed E-state index contributed by atoms with van der Waals surface area (Å²) in [5.41, 5.74) is 1.76. The Morgan fingerprint density at radius 3 is 2.38 bits per heavy atom. The van der Waals surface area contributed by atoms with Crippen molar-refractivity contribution in [1.82, 2.24) is 20.1 Å². The second-order valence-corrected chi connectivity index (χ2v) is 4.35. The lowest BCUT2D eigenvalue weighted by molar-refractivity contribution is -0.752. The summed E-state index contributed by atoms with van der Waals surface area (Å²) in [5, 5.41) is 29.1. The van der Waals surface area contributed by atoms with Crippen molar-refractivity contribution < 1.29 is 37.7 Å². The second-order valence-electron chi connectivity index (χ2n) is 4.35. The number of halogens is 3. The monoisotopic (exact) mass is 347 g/mol. The van der Waals surface area contributed by atoms with Crippen LogP contribution in [0.3, 0.4) is 0 Å². The van der Waals surface area contributed by atoms with E-state index in [1.54, 1.807) is 35.0 Å². The van der Waals surface area contributed by atoms with E-state index in [1.807, 2.05) is 6.07 Å². The molecular formula is C12H12F3N5O4. The van der Waals surface area contributed by atoms with Crippen LogP contribution < -0.4 is 9.79 Å². The number of carboxylic acid groups (broad SMARTS) is 2. The molecule has 0 aliphatic carbocycles. The number of hydrogen-bond acceptors (Lipinski definition) is 6. The zero-order valence-electron chi connectivity index (χ0n) is 12.3. The summed E-state index contributed by atoms with van der Waals surface area (Å²) in [7, 11) is 1.80. The molecule has 0 aromatic carbocycles. The number of alkyl halides is 3. The Hall–Kier alpha value is -3.05. The Labute approximate surface area is 133 Å². The maximum atomic E-state index is 10.5.